The Labute approximate surface area is 123 Å². The third-order valence-electron chi connectivity index (χ3n) is 3.50. The maximum absolute atomic E-state index is 12.0. The van der Waals surface area contributed by atoms with Gasteiger partial charge in [-0.1, -0.05) is 6.07 Å². The van der Waals surface area contributed by atoms with E-state index in [9.17, 15) is 9.59 Å². The number of ether oxygens (including phenoxy) is 1. The number of benzene rings is 1. The van der Waals surface area contributed by atoms with Crippen molar-refractivity contribution in [2.45, 2.75) is 33.2 Å². The van der Waals surface area contributed by atoms with E-state index in [-0.39, 0.29) is 11.8 Å². The van der Waals surface area contributed by atoms with E-state index in [1.807, 2.05) is 26.0 Å². The number of methoxy groups -OCH3 is 1. The molecule has 0 saturated carbocycles. The van der Waals surface area contributed by atoms with Crippen molar-refractivity contribution in [3.05, 3.63) is 28.8 Å². The quantitative estimate of drug-likeness (QED) is 0.874. The number of nitrogens with one attached hydrogen (secondary N) is 2. The number of hydrogen-bond donors (Lipinski definition) is 2. The number of carbonyl (C=O) groups is 2. The van der Waals surface area contributed by atoms with Gasteiger partial charge in [0.2, 0.25) is 5.91 Å². The first kappa shape index (κ1) is 15.0. The lowest BCUT2D eigenvalue weighted by Gasteiger charge is -2.14. The molecule has 0 aromatic heterocycles. The van der Waals surface area contributed by atoms with Crippen molar-refractivity contribution in [3.8, 4) is 5.75 Å². The molecule has 0 spiro atoms. The summed E-state index contributed by atoms with van der Waals surface area (Å²) in [4.78, 5) is 23.0. The highest BCUT2D eigenvalue weighted by atomic mass is 16.5. The molecule has 1 aromatic rings. The van der Waals surface area contributed by atoms with Crippen LogP contribution in [0.1, 0.15) is 29.5 Å². The summed E-state index contributed by atoms with van der Waals surface area (Å²) in [6, 6.07) is 3.95. The van der Waals surface area contributed by atoms with Gasteiger partial charge in [0, 0.05) is 24.9 Å². The van der Waals surface area contributed by atoms with Gasteiger partial charge >= 0.3 is 0 Å². The molecule has 0 bridgehead atoms. The van der Waals surface area contributed by atoms with E-state index in [1.165, 1.54) is 0 Å². The molecule has 2 rings (SSSR count). The molecule has 1 heterocycles. The lowest BCUT2D eigenvalue weighted by molar-refractivity contribution is -0.121. The Balaban J connectivity index is 2.04. The van der Waals surface area contributed by atoms with E-state index in [0.717, 1.165) is 22.4 Å². The maximum Gasteiger partial charge on any atom is 0.267 e. The van der Waals surface area contributed by atoms with Crippen LogP contribution in [0.2, 0.25) is 0 Å². The summed E-state index contributed by atoms with van der Waals surface area (Å²) < 4.78 is 5.33. The fraction of sp³-hybridized carbons (Fsp3) is 0.400. The number of hydrogen-bond acceptors (Lipinski definition) is 4. The lowest BCUT2D eigenvalue weighted by Crippen LogP contribution is -2.36. The first-order valence-electron chi connectivity index (χ1n) is 6.79. The Bertz CT molecular complexity index is 608. The van der Waals surface area contributed by atoms with Crippen LogP contribution in [0.3, 0.4) is 0 Å². The molecule has 0 fully saturated rings. The fourth-order valence-corrected chi connectivity index (χ4v) is 2.09. The number of aryl methyl sites for hydroxylation is 2. The van der Waals surface area contributed by atoms with Crippen LogP contribution in [0.4, 0.5) is 0 Å². The number of nitrogens with zero attached hydrogens (tertiary/aromatic N) is 1. The van der Waals surface area contributed by atoms with Crippen LogP contribution in [0.25, 0.3) is 0 Å². The summed E-state index contributed by atoms with van der Waals surface area (Å²) in [6.07, 6.45) is 0.654. The Morgan fingerprint density at radius 1 is 1.33 bits per heavy atom. The number of amides is 2. The van der Waals surface area contributed by atoms with Gasteiger partial charge in [-0.25, -0.2) is 5.43 Å². The molecule has 6 nitrogen and oxygen atoms in total. The van der Waals surface area contributed by atoms with Gasteiger partial charge in [-0.15, -0.1) is 0 Å². The van der Waals surface area contributed by atoms with Crippen molar-refractivity contribution < 1.29 is 14.3 Å². The second-order valence-electron chi connectivity index (χ2n) is 5.02. The molecule has 2 N–H and O–H groups in total. The van der Waals surface area contributed by atoms with Crippen molar-refractivity contribution in [1.29, 1.82) is 0 Å². The topological polar surface area (TPSA) is 79.8 Å². The summed E-state index contributed by atoms with van der Waals surface area (Å²) in [6.45, 7) is 4.39. The van der Waals surface area contributed by atoms with Crippen molar-refractivity contribution in [1.82, 2.24) is 10.7 Å². The normalized spacial score (nSPS) is 14.2. The number of hydrazone groups is 1. The molecule has 21 heavy (non-hydrogen) atoms. The van der Waals surface area contributed by atoms with Gasteiger partial charge in [-0.05, 0) is 31.0 Å². The van der Waals surface area contributed by atoms with Crippen LogP contribution in [0.5, 0.6) is 5.75 Å². The molecular formula is C15H19N3O3. The molecule has 1 aliphatic heterocycles. The van der Waals surface area contributed by atoms with Crippen LogP contribution in [-0.4, -0.2) is 24.6 Å². The van der Waals surface area contributed by atoms with E-state index in [0.29, 0.717) is 25.1 Å². The predicted octanol–water partition coefficient (Wildman–Crippen LogP) is 1.19. The van der Waals surface area contributed by atoms with Gasteiger partial charge in [-0.2, -0.15) is 5.10 Å². The minimum atomic E-state index is -0.268. The average Bonchev–Trinajstić information content (AvgIpc) is 2.48. The van der Waals surface area contributed by atoms with Crippen LogP contribution < -0.4 is 15.5 Å². The molecule has 0 saturated heterocycles. The zero-order chi connectivity index (χ0) is 15.4. The van der Waals surface area contributed by atoms with E-state index in [1.54, 1.807) is 7.11 Å². The van der Waals surface area contributed by atoms with Crippen LogP contribution >= 0.6 is 0 Å². The van der Waals surface area contributed by atoms with Gasteiger partial charge in [-0.3, -0.25) is 9.59 Å². The molecule has 0 radical (unpaired) electrons. The van der Waals surface area contributed by atoms with Gasteiger partial charge < -0.3 is 10.1 Å². The first-order valence-corrected chi connectivity index (χ1v) is 6.79. The zero-order valence-electron chi connectivity index (χ0n) is 12.4. The first-order chi connectivity index (χ1) is 10.0. The second kappa shape index (κ2) is 6.39. The monoisotopic (exact) mass is 289 g/mol. The van der Waals surface area contributed by atoms with E-state index < -0.39 is 0 Å². The number of rotatable bonds is 4. The Morgan fingerprint density at radius 3 is 2.67 bits per heavy atom. The molecular weight excluding hydrogens is 270 g/mol. The third-order valence-corrected chi connectivity index (χ3v) is 3.50. The average molecular weight is 289 g/mol. The Morgan fingerprint density at radius 2 is 2.05 bits per heavy atom. The van der Waals surface area contributed by atoms with E-state index >= 15 is 0 Å². The molecule has 1 aromatic carbocycles. The minimum Gasteiger partial charge on any atom is -0.496 e. The maximum atomic E-state index is 12.0. The van der Waals surface area contributed by atoms with E-state index in [2.05, 4.69) is 15.8 Å². The summed E-state index contributed by atoms with van der Waals surface area (Å²) in [5, 5.41) is 6.57. The number of carbonyl (C=O) groups excluding carboxylic acids is 2. The largest absolute Gasteiger partial charge is 0.496 e. The van der Waals surface area contributed by atoms with Crippen molar-refractivity contribution in [2.24, 2.45) is 5.10 Å². The summed E-state index contributed by atoms with van der Waals surface area (Å²) in [7, 11) is 1.61. The van der Waals surface area contributed by atoms with E-state index in [4.69, 9.17) is 4.74 Å². The van der Waals surface area contributed by atoms with Gasteiger partial charge in [0.15, 0.2) is 0 Å². The van der Waals surface area contributed by atoms with Gasteiger partial charge in [0.1, 0.15) is 11.5 Å². The molecule has 112 valence electrons. The standard InChI is InChI=1S/C15H19N3O3/c1-9-6-11(13(21-3)7-10(9)2)8-16-15(20)12-4-5-14(19)18-17-12/h6-7H,4-5,8H2,1-3H3,(H,16,20)(H,18,19). The SMILES string of the molecule is COc1cc(C)c(C)cc1CNC(=O)C1=NNC(=O)CC1. The molecule has 0 aliphatic carbocycles. The third kappa shape index (κ3) is 3.59. The highest BCUT2D eigenvalue weighted by molar-refractivity contribution is 6.39. The van der Waals surface area contributed by atoms with Crippen molar-refractivity contribution >= 4 is 17.5 Å². The van der Waals surface area contributed by atoms with Crippen LogP contribution in [0, 0.1) is 13.8 Å². The summed E-state index contributed by atoms with van der Waals surface area (Å²) in [5.74, 6) is 0.315. The highest BCUT2D eigenvalue weighted by Crippen LogP contribution is 2.22. The second-order valence-corrected chi connectivity index (χ2v) is 5.02. The van der Waals surface area contributed by atoms with Gasteiger partial charge in [0.25, 0.3) is 5.91 Å². The highest BCUT2D eigenvalue weighted by Gasteiger charge is 2.18. The smallest absolute Gasteiger partial charge is 0.267 e. The van der Waals surface area contributed by atoms with Crippen LogP contribution in [-0.2, 0) is 16.1 Å². The molecule has 6 heteroatoms. The summed E-state index contributed by atoms with van der Waals surface area (Å²) in [5.41, 5.74) is 5.85. The predicted molar refractivity (Wildman–Crippen MR) is 79.1 cm³/mol. The lowest BCUT2D eigenvalue weighted by atomic mass is 10.0. The molecule has 2 amide bonds. The summed E-state index contributed by atoms with van der Waals surface area (Å²) >= 11 is 0. The Kier molecular flexibility index (Phi) is 4.57. The van der Waals surface area contributed by atoms with Crippen molar-refractivity contribution in [2.75, 3.05) is 7.11 Å². The molecule has 1 aliphatic rings. The molecule has 0 unspecified atom stereocenters. The molecule has 0 atom stereocenters. The van der Waals surface area contributed by atoms with Crippen LogP contribution in [0.15, 0.2) is 17.2 Å². The van der Waals surface area contributed by atoms with Crippen molar-refractivity contribution in [3.63, 3.8) is 0 Å². The fourth-order valence-electron chi connectivity index (χ4n) is 2.09. The minimum absolute atomic E-state index is 0.164. The Hall–Kier alpha value is -2.37. The van der Waals surface area contributed by atoms with Gasteiger partial charge in [0.05, 0.1) is 7.11 Å². The zero-order valence-corrected chi connectivity index (χ0v) is 12.4.